The number of nitrogens with one attached hydrogen (secondary N) is 1. The molecule has 2 heterocycles. The van der Waals surface area contributed by atoms with E-state index < -0.39 is 11.7 Å². The van der Waals surface area contributed by atoms with E-state index in [1.165, 1.54) is 12.1 Å². The molecular formula is C28H33ClF3N5O. The fourth-order valence-corrected chi connectivity index (χ4v) is 5.83. The van der Waals surface area contributed by atoms with Crippen LogP contribution >= 0.6 is 11.6 Å². The molecule has 1 saturated carbocycles. The SMILES string of the molecule is FC(F)(F)c1cccc(CN2CCN(CCNCc3nc(C4(c5cccc(Cl)c5)CCCC4)no3)CC2)c1. The Morgan fingerprint density at radius 1 is 0.974 bits per heavy atom. The van der Waals surface area contributed by atoms with Crippen molar-refractivity contribution in [1.29, 1.82) is 0 Å². The Morgan fingerprint density at radius 3 is 2.45 bits per heavy atom. The van der Waals surface area contributed by atoms with Gasteiger partial charge in [-0.15, -0.1) is 0 Å². The van der Waals surface area contributed by atoms with Crippen LogP contribution in [0.2, 0.25) is 5.02 Å². The van der Waals surface area contributed by atoms with Crippen molar-refractivity contribution in [1.82, 2.24) is 25.3 Å². The summed E-state index contributed by atoms with van der Waals surface area (Å²) in [6.45, 7) is 6.13. The maximum atomic E-state index is 13.0. The van der Waals surface area contributed by atoms with E-state index in [1.54, 1.807) is 6.07 Å². The molecule has 6 nitrogen and oxygen atoms in total. The van der Waals surface area contributed by atoms with Crippen LogP contribution in [0.3, 0.4) is 0 Å². The third-order valence-corrected chi connectivity index (χ3v) is 7.97. The van der Waals surface area contributed by atoms with E-state index >= 15 is 0 Å². The second-order valence-corrected chi connectivity index (χ2v) is 10.7. The number of aromatic nitrogens is 2. The molecule has 10 heteroatoms. The van der Waals surface area contributed by atoms with Gasteiger partial charge in [-0.1, -0.05) is 59.9 Å². The largest absolute Gasteiger partial charge is 0.416 e. The van der Waals surface area contributed by atoms with E-state index in [2.05, 4.69) is 26.3 Å². The Balaban J connectivity index is 1.06. The van der Waals surface area contributed by atoms with Crippen LogP contribution in [0, 0.1) is 0 Å². The molecule has 1 saturated heterocycles. The number of benzene rings is 2. The second kappa shape index (κ2) is 11.7. The van der Waals surface area contributed by atoms with Crippen molar-refractivity contribution >= 4 is 11.6 Å². The number of piperazine rings is 1. The summed E-state index contributed by atoms with van der Waals surface area (Å²) in [5, 5.41) is 8.48. The minimum absolute atomic E-state index is 0.236. The quantitative estimate of drug-likeness (QED) is 0.357. The Bertz CT molecular complexity index is 1200. The van der Waals surface area contributed by atoms with Crippen molar-refractivity contribution in [2.45, 2.75) is 50.4 Å². The van der Waals surface area contributed by atoms with Gasteiger partial charge in [0.1, 0.15) is 0 Å². The summed E-state index contributed by atoms with van der Waals surface area (Å²) >= 11 is 6.27. The molecule has 3 aromatic rings. The van der Waals surface area contributed by atoms with Gasteiger partial charge in [0.25, 0.3) is 0 Å². The smallest absolute Gasteiger partial charge is 0.338 e. The van der Waals surface area contributed by atoms with Crippen LogP contribution in [0.25, 0.3) is 0 Å². The zero-order valence-corrected chi connectivity index (χ0v) is 22.1. The molecule has 2 fully saturated rings. The minimum atomic E-state index is -4.31. The summed E-state index contributed by atoms with van der Waals surface area (Å²) in [6.07, 6.45) is -0.0821. The number of hydrogen-bond acceptors (Lipinski definition) is 6. The van der Waals surface area contributed by atoms with Crippen molar-refractivity contribution in [2.24, 2.45) is 0 Å². The third-order valence-electron chi connectivity index (χ3n) is 7.74. The van der Waals surface area contributed by atoms with E-state index in [4.69, 9.17) is 21.1 Å². The predicted molar refractivity (Wildman–Crippen MR) is 140 cm³/mol. The fraction of sp³-hybridized carbons (Fsp3) is 0.500. The number of rotatable bonds is 9. The molecular weight excluding hydrogens is 515 g/mol. The zero-order chi connectivity index (χ0) is 26.6. The average molecular weight is 548 g/mol. The molecule has 5 rings (SSSR count). The maximum Gasteiger partial charge on any atom is 0.416 e. The predicted octanol–water partition coefficient (Wildman–Crippen LogP) is 5.51. The number of alkyl halides is 3. The zero-order valence-electron chi connectivity index (χ0n) is 21.3. The molecule has 1 N–H and O–H groups in total. The van der Waals surface area contributed by atoms with Crippen molar-refractivity contribution < 1.29 is 17.7 Å². The highest BCUT2D eigenvalue weighted by molar-refractivity contribution is 6.30. The normalized spacial score (nSPS) is 18.7. The van der Waals surface area contributed by atoms with Crippen LogP contribution in [0.4, 0.5) is 13.2 Å². The van der Waals surface area contributed by atoms with E-state index in [-0.39, 0.29) is 5.41 Å². The minimum Gasteiger partial charge on any atom is -0.338 e. The molecule has 0 bridgehead atoms. The summed E-state index contributed by atoms with van der Waals surface area (Å²) in [5.74, 6) is 1.32. The van der Waals surface area contributed by atoms with Gasteiger partial charge in [-0.2, -0.15) is 18.2 Å². The van der Waals surface area contributed by atoms with Crippen molar-refractivity contribution in [3.8, 4) is 0 Å². The Morgan fingerprint density at radius 2 is 1.71 bits per heavy atom. The van der Waals surface area contributed by atoms with Crippen molar-refractivity contribution in [3.05, 3.63) is 82.0 Å². The highest BCUT2D eigenvalue weighted by Crippen LogP contribution is 2.45. The molecule has 0 atom stereocenters. The lowest BCUT2D eigenvalue weighted by molar-refractivity contribution is -0.137. The van der Waals surface area contributed by atoms with Gasteiger partial charge in [0.15, 0.2) is 5.82 Å². The third kappa shape index (κ3) is 6.39. The lowest BCUT2D eigenvalue weighted by atomic mass is 9.78. The van der Waals surface area contributed by atoms with Crippen LogP contribution in [-0.2, 0) is 24.7 Å². The summed E-state index contributed by atoms with van der Waals surface area (Å²) in [5.41, 5.74) is 1.02. The van der Waals surface area contributed by atoms with E-state index in [0.29, 0.717) is 24.5 Å². The molecule has 0 radical (unpaired) electrons. The number of nitrogens with zero attached hydrogens (tertiary/aromatic N) is 4. The van der Waals surface area contributed by atoms with E-state index in [9.17, 15) is 13.2 Å². The lowest BCUT2D eigenvalue weighted by Gasteiger charge is -2.34. The van der Waals surface area contributed by atoms with Gasteiger partial charge in [-0.25, -0.2) is 0 Å². The fourth-order valence-electron chi connectivity index (χ4n) is 5.63. The first-order chi connectivity index (χ1) is 18.3. The number of hydrogen-bond donors (Lipinski definition) is 1. The Labute approximate surface area is 226 Å². The van der Waals surface area contributed by atoms with Gasteiger partial charge in [0, 0.05) is 50.8 Å². The maximum absolute atomic E-state index is 13.0. The van der Waals surface area contributed by atoms with Gasteiger partial charge in [-0.05, 0) is 42.2 Å². The van der Waals surface area contributed by atoms with Crippen molar-refractivity contribution in [2.75, 3.05) is 39.3 Å². The van der Waals surface area contributed by atoms with Gasteiger partial charge < -0.3 is 9.84 Å². The number of halogens is 4. The highest BCUT2D eigenvalue weighted by Gasteiger charge is 2.41. The van der Waals surface area contributed by atoms with E-state index in [0.717, 1.165) is 87.4 Å². The first-order valence-electron chi connectivity index (χ1n) is 13.2. The standard InChI is InChI=1S/C28H33ClF3N5O/c29-24-8-4-6-22(18-24)27(9-1-2-10-27)26-34-25(38-35-26)19-33-11-12-36-13-15-37(16-14-36)20-21-5-3-7-23(17-21)28(30,31)32/h3-8,17-18,33H,1-2,9-16,19-20H2. The molecule has 2 aromatic carbocycles. The first-order valence-corrected chi connectivity index (χ1v) is 13.6. The van der Waals surface area contributed by atoms with Crippen molar-refractivity contribution in [3.63, 3.8) is 0 Å². The molecule has 0 unspecified atom stereocenters. The van der Waals surface area contributed by atoms with Crippen LogP contribution < -0.4 is 5.32 Å². The van der Waals surface area contributed by atoms with Gasteiger partial charge in [0.05, 0.1) is 17.5 Å². The molecule has 1 aromatic heterocycles. The topological polar surface area (TPSA) is 57.4 Å². The van der Waals surface area contributed by atoms with Crippen LogP contribution in [0.1, 0.15) is 54.1 Å². The molecule has 1 aliphatic carbocycles. The summed E-state index contributed by atoms with van der Waals surface area (Å²) in [4.78, 5) is 9.32. The molecule has 2 aliphatic rings. The Hall–Kier alpha value is -2.46. The molecule has 0 spiro atoms. The van der Waals surface area contributed by atoms with Gasteiger partial charge in [-0.3, -0.25) is 9.80 Å². The molecule has 1 aliphatic heterocycles. The highest BCUT2D eigenvalue weighted by atomic mass is 35.5. The molecule has 204 valence electrons. The summed E-state index contributed by atoms with van der Waals surface area (Å²) in [7, 11) is 0. The van der Waals surface area contributed by atoms with Crippen LogP contribution in [-0.4, -0.2) is 59.2 Å². The van der Waals surface area contributed by atoms with Crippen LogP contribution in [0.15, 0.2) is 53.1 Å². The molecule has 0 amide bonds. The molecule has 38 heavy (non-hydrogen) atoms. The lowest BCUT2D eigenvalue weighted by Crippen LogP contribution is -2.47. The van der Waals surface area contributed by atoms with Gasteiger partial charge in [0.2, 0.25) is 5.89 Å². The summed E-state index contributed by atoms with van der Waals surface area (Å²) in [6, 6.07) is 13.6. The monoisotopic (exact) mass is 547 g/mol. The van der Waals surface area contributed by atoms with Gasteiger partial charge >= 0.3 is 6.18 Å². The van der Waals surface area contributed by atoms with E-state index in [1.807, 2.05) is 18.2 Å². The summed E-state index contributed by atoms with van der Waals surface area (Å²) < 4.78 is 44.5. The Kier molecular flexibility index (Phi) is 8.38. The average Bonchev–Trinajstić information content (AvgIpc) is 3.58. The first kappa shape index (κ1) is 27.1. The second-order valence-electron chi connectivity index (χ2n) is 10.3. The van der Waals surface area contributed by atoms with Crippen LogP contribution in [0.5, 0.6) is 0 Å².